The second-order valence-electron chi connectivity index (χ2n) is 7.43. The van der Waals surface area contributed by atoms with Crippen molar-refractivity contribution in [3.05, 3.63) is 71.4 Å². The number of aromatic nitrogens is 1. The summed E-state index contributed by atoms with van der Waals surface area (Å²) >= 11 is 0. The number of nitrogens with zero attached hydrogens (tertiary/aromatic N) is 2. The van der Waals surface area contributed by atoms with Crippen LogP contribution in [0, 0.1) is 6.92 Å². The normalized spacial score (nSPS) is 14.9. The van der Waals surface area contributed by atoms with E-state index in [0.717, 1.165) is 34.0 Å². The second-order valence-corrected chi connectivity index (χ2v) is 7.43. The molecule has 1 aliphatic rings. The Morgan fingerprint density at radius 3 is 2.61 bits per heavy atom. The van der Waals surface area contributed by atoms with Gasteiger partial charge in [-0.15, -0.1) is 0 Å². The summed E-state index contributed by atoms with van der Waals surface area (Å²) < 4.78 is 0. The Morgan fingerprint density at radius 2 is 1.75 bits per heavy atom. The summed E-state index contributed by atoms with van der Waals surface area (Å²) in [7, 11) is 0. The number of fused-ring (bicyclic) bond motifs is 1. The van der Waals surface area contributed by atoms with Crippen molar-refractivity contribution in [2.24, 2.45) is 0 Å². The van der Waals surface area contributed by atoms with Crippen molar-refractivity contribution in [2.75, 3.05) is 26.2 Å². The number of carbonyl (C=O) groups is 2. The van der Waals surface area contributed by atoms with Crippen LogP contribution in [-0.4, -0.2) is 52.8 Å². The Morgan fingerprint density at radius 1 is 0.964 bits per heavy atom. The molecule has 0 atom stereocenters. The number of H-pyrrole nitrogens is 1. The number of para-hydroxylation sites is 1. The lowest BCUT2D eigenvalue weighted by molar-refractivity contribution is -0.130. The number of amides is 2. The highest BCUT2D eigenvalue weighted by atomic mass is 16.2. The van der Waals surface area contributed by atoms with Crippen LogP contribution in [0.4, 0.5) is 0 Å². The SMILES string of the molecule is Cc1cccc(C(=O)N2CCCN(C(=O)Cc3c[nH]c4ccccc34)CC2)c1. The van der Waals surface area contributed by atoms with Crippen LogP contribution in [0.3, 0.4) is 0 Å². The number of hydrogen-bond donors (Lipinski definition) is 1. The van der Waals surface area contributed by atoms with Gasteiger partial charge in [0.2, 0.25) is 5.91 Å². The fourth-order valence-electron chi connectivity index (χ4n) is 3.88. The third-order valence-corrected chi connectivity index (χ3v) is 5.42. The minimum Gasteiger partial charge on any atom is -0.361 e. The molecule has 1 aliphatic heterocycles. The van der Waals surface area contributed by atoms with Gasteiger partial charge in [-0.25, -0.2) is 0 Å². The van der Waals surface area contributed by atoms with Crippen molar-refractivity contribution in [1.82, 2.24) is 14.8 Å². The van der Waals surface area contributed by atoms with Crippen molar-refractivity contribution >= 4 is 22.7 Å². The molecule has 0 bridgehead atoms. The average Bonchev–Trinajstić information content (AvgIpc) is 2.94. The van der Waals surface area contributed by atoms with E-state index in [4.69, 9.17) is 0 Å². The first-order valence-corrected chi connectivity index (χ1v) is 9.80. The molecule has 1 aromatic heterocycles. The van der Waals surface area contributed by atoms with Gasteiger partial charge in [-0.1, -0.05) is 35.9 Å². The topological polar surface area (TPSA) is 56.4 Å². The molecule has 28 heavy (non-hydrogen) atoms. The second kappa shape index (κ2) is 7.89. The lowest BCUT2D eigenvalue weighted by Gasteiger charge is -2.22. The van der Waals surface area contributed by atoms with Gasteiger partial charge >= 0.3 is 0 Å². The zero-order valence-electron chi connectivity index (χ0n) is 16.1. The Bertz CT molecular complexity index is 1010. The fourth-order valence-corrected chi connectivity index (χ4v) is 3.88. The van der Waals surface area contributed by atoms with Crippen LogP contribution in [-0.2, 0) is 11.2 Å². The number of aromatic amines is 1. The van der Waals surface area contributed by atoms with Crippen molar-refractivity contribution in [1.29, 1.82) is 0 Å². The van der Waals surface area contributed by atoms with Gasteiger partial charge in [-0.3, -0.25) is 9.59 Å². The van der Waals surface area contributed by atoms with Gasteiger partial charge in [0.05, 0.1) is 6.42 Å². The first kappa shape index (κ1) is 18.3. The molecule has 5 nitrogen and oxygen atoms in total. The van der Waals surface area contributed by atoms with E-state index in [9.17, 15) is 9.59 Å². The van der Waals surface area contributed by atoms with Gasteiger partial charge in [0.15, 0.2) is 0 Å². The van der Waals surface area contributed by atoms with Gasteiger partial charge in [-0.2, -0.15) is 0 Å². The highest BCUT2D eigenvalue weighted by Crippen LogP contribution is 2.19. The largest absolute Gasteiger partial charge is 0.361 e. The molecule has 144 valence electrons. The molecule has 0 radical (unpaired) electrons. The predicted molar refractivity (Wildman–Crippen MR) is 110 cm³/mol. The summed E-state index contributed by atoms with van der Waals surface area (Å²) in [5.41, 5.74) is 3.88. The fraction of sp³-hybridized carbons (Fsp3) is 0.304. The van der Waals surface area contributed by atoms with Crippen LogP contribution in [0.5, 0.6) is 0 Å². The van der Waals surface area contributed by atoms with E-state index >= 15 is 0 Å². The predicted octanol–water partition coefficient (Wildman–Crippen LogP) is 3.39. The number of aryl methyl sites for hydroxylation is 1. The van der Waals surface area contributed by atoms with Gasteiger partial charge < -0.3 is 14.8 Å². The monoisotopic (exact) mass is 375 g/mol. The summed E-state index contributed by atoms with van der Waals surface area (Å²) in [5, 5.41) is 1.10. The quantitative estimate of drug-likeness (QED) is 0.763. The van der Waals surface area contributed by atoms with Crippen LogP contribution in [0.2, 0.25) is 0 Å². The zero-order valence-corrected chi connectivity index (χ0v) is 16.1. The van der Waals surface area contributed by atoms with Crippen LogP contribution in [0.15, 0.2) is 54.7 Å². The maximum Gasteiger partial charge on any atom is 0.253 e. The van der Waals surface area contributed by atoms with Crippen LogP contribution < -0.4 is 0 Å². The number of carbonyl (C=O) groups excluding carboxylic acids is 2. The lowest BCUT2D eigenvalue weighted by Crippen LogP contribution is -2.38. The van der Waals surface area contributed by atoms with Gasteiger partial charge in [0.25, 0.3) is 5.91 Å². The molecule has 4 rings (SSSR count). The van der Waals surface area contributed by atoms with Crippen LogP contribution >= 0.6 is 0 Å². The maximum absolute atomic E-state index is 12.9. The standard InChI is InChI=1S/C23H25N3O2/c1-17-6-4-7-18(14-17)23(28)26-11-5-10-25(12-13-26)22(27)15-19-16-24-21-9-3-2-8-20(19)21/h2-4,6-9,14,16,24H,5,10-13,15H2,1H3. The maximum atomic E-state index is 12.9. The summed E-state index contributed by atoms with van der Waals surface area (Å²) in [6, 6.07) is 15.7. The van der Waals surface area contributed by atoms with E-state index in [1.165, 1.54) is 0 Å². The van der Waals surface area contributed by atoms with E-state index in [0.29, 0.717) is 32.6 Å². The summed E-state index contributed by atoms with van der Waals surface area (Å²) in [4.78, 5) is 32.7. The number of benzene rings is 2. The van der Waals surface area contributed by atoms with Crippen LogP contribution in [0.1, 0.15) is 27.9 Å². The molecule has 2 heterocycles. The summed E-state index contributed by atoms with van der Waals surface area (Å²) in [5.74, 6) is 0.171. The van der Waals surface area contributed by atoms with E-state index in [-0.39, 0.29) is 11.8 Å². The average molecular weight is 375 g/mol. The summed E-state index contributed by atoms with van der Waals surface area (Å²) in [6.07, 6.45) is 3.11. The number of rotatable bonds is 3. The van der Waals surface area contributed by atoms with Crippen molar-refractivity contribution < 1.29 is 9.59 Å². The highest BCUT2D eigenvalue weighted by Gasteiger charge is 2.23. The molecule has 5 heteroatoms. The first-order chi connectivity index (χ1) is 13.6. The highest BCUT2D eigenvalue weighted by molar-refractivity contribution is 5.94. The first-order valence-electron chi connectivity index (χ1n) is 9.80. The molecule has 3 aromatic rings. The Labute approximate surface area is 165 Å². The van der Waals surface area contributed by atoms with Gasteiger partial charge in [0.1, 0.15) is 0 Å². The Balaban J connectivity index is 1.41. The third kappa shape index (κ3) is 3.79. The molecule has 0 saturated carbocycles. The number of hydrogen-bond acceptors (Lipinski definition) is 2. The molecular weight excluding hydrogens is 350 g/mol. The molecule has 0 unspecified atom stereocenters. The van der Waals surface area contributed by atoms with E-state index in [2.05, 4.69) is 4.98 Å². The van der Waals surface area contributed by atoms with E-state index < -0.39 is 0 Å². The van der Waals surface area contributed by atoms with E-state index in [1.807, 2.05) is 71.5 Å². The molecule has 1 N–H and O–H groups in total. The molecule has 0 aliphatic carbocycles. The minimum atomic E-state index is 0.0506. The molecular formula is C23H25N3O2. The van der Waals surface area contributed by atoms with Crippen molar-refractivity contribution in [3.63, 3.8) is 0 Å². The minimum absolute atomic E-state index is 0.0506. The van der Waals surface area contributed by atoms with Crippen molar-refractivity contribution in [2.45, 2.75) is 19.8 Å². The van der Waals surface area contributed by atoms with Crippen molar-refractivity contribution in [3.8, 4) is 0 Å². The molecule has 0 spiro atoms. The van der Waals surface area contributed by atoms with Crippen LogP contribution in [0.25, 0.3) is 10.9 Å². The number of nitrogens with one attached hydrogen (secondary N) is 1. The zero-order chi connectivity index (χ0) is 19.5. The molecule has 2 amide bonds. The van der Waals surface area contributed by atoms with E-state index in [1.54, 1.807) is 0 Å². The van der Waals surface area contributed by atoms with Gasteiger partial charge in [0, 0.05) is 48.8 Å². The summed E-state index contributed by atoms with van der Waals surface area (Å²) in [6.45, 7) is 4.53. The molecule has 2 aromatic carbocycles. The smallest absolute Gasteiger partial charge is 0.253 e. The third-order valence-electron chi connectivity index (χ3n) is 5.42. The Kier molecular flexibility index (Phi) is 5.15. The Hall–Kier alpha value is -3.08. The van der Waals surface area contributed by atoms with Gasteiger partial charge in [-0.05, 0) is 37.1 Å². The molecule has 1 saturated heterocycles. The lowest BCUT2D eigenvalue weighted by atomic mass is 10.1. The molecule has 1 fully saturated rings.